The number of anilines is 1. The lowest BCUT2D eigenvalue weighted by Crippen LogP contribution is -2.44. The Hall–Kier alpha value is -2.95. The maximum atomic E-state index is 12.9. The number of nitrogens with one attached hydrogen (secondary N) is 1. The van der Waals surface area contributed by atoms with E-state index in [0.717, 1.165) is 12.0 Å². The summed E-state index contributed by atoms with van der Waals surface area (Å²) in [7, 11) is 0. The van der Waals surface area contributed by atoms with E-state index in [-0.39, 0.29) is 17.6 Å². The van der Waals surface area contributed by atoms with Crippen molar-refractivity contribution in [3.8, 4) is 0 Å². The molecule has 0 spiro atoms. The van der Waals surface area contributed by atoms with Gasteiger partial charge in [-0.05, 0) is 37.1 Å². The zero-order valence-corrected chi connectivity index (χ0v) is 15.0. The van der Waals surface area contributed by atoms with E-state index < -0.39 is 6.04 Å². The van der Waals surface area contributed by atoms with E-state index in [1.165, 1.54) is 6.92 Å². The summed E-state index contributed by atoms with van der Waals surface area (Å²) >= 11 is 0. The second-order valence-electron chi connectivity index (χ2n) is 6.52. The van der Waals surface area contributed by atoms with Gasteiger partial charge in [-0.3, -0.25) is 14.4 Å². The van der Waals surface area contributed by atoms with E-state index >= 15 is 0 Å². The molecular weight excluding hydrogens is 328 g/mol. The minimum atomic E-state index is -0.541. The number of fused-ring (bicyclic) bond motifs is 1. The molecule has 5 heteroatoms. The van der Waals surface area contributed by atoms with Crippen molar-refractivity contribution in [1.29, 1.82) is 0 Å². The molecule has 5 nitrogen and oxygen atoms in total. The van der Waals surface area contributed by atoms with Crippen molar-refractivity contribution in [3.05, 3.63) is 65.2 Å². The summed E-state index contributed by atoms with van der Waals surface area (Å²) in [6.07, 6.45) is 1.36. The van der Waals surface area contributed by atoms with Crippen molar-refractivity contribution in [2.24, 2.45) is 0 Å². The fraction of sp³-hybridized carbons (Fsp3) is 0.286. The Kier molecular flexibility index (Phi) is 5.16. The summed E-state index contributed by atoms with van der Waals surface area (Å²) in [6.45, 7) is 3.92. The average molecular weight is 350 g/mol. The molecule has 1 aliphatic heterocycles. The molecule has 2 aromatic carbocycles. The Morgan fingerprint density at radius 1 is 1.15 bits per heavy atom. The number of carbonyl (C=O) groups is 3. The lowest BCUT2D eigenvalue weighted by atomic mass is 10.1. The third kappa shape index (κ3) is 3.52. The van der Waals surface area contributed by atoms with Crippen LogP contribution in [0.2, 0.25) is 0 Å². The average Bonchev–Trinajstić information content (AvgIpc) is 2.96. The van der Waals surface area contributed by atoms with E-state index in [9.17, 15) is 14.4 Å². The summed E-state index contributed by atoms with van der Waals surface area (Å²) in [5.74, 6) is -0.392. The van der Waals surface area contributed by atoms with E-state index in [1.54, 1.807) is 35.2 Å². The van der Waals surface area contributed by atoms with Gasteiger partial charge in [-0.25, -0.2) is 0 Å². The van der Waals surface area contributed by atoms with Crippen LogP contribution in [0.25, 0.3) is 0 Å². The molecule has 1 aliphatic rings. The number of amides is 2. The van der Waals surface area contributed by atoms with Crippen LogP contribution in [-0.4, -0.2) is 28.5 Å². The molecule has 3 rings (SSSR count). The van der Waals surface area contributed by atoms with E-state index in [4.69, 9.17) is 0 Å². The van der Waals surface area contributed by atoms with Gasteiger partial charge in [0.15, 0.2) is 5.78 Å². The molecule has 0 fully saturated rings. The molecule has 1 atom stereocenters. The highest BCUT2D eigenvalue weighted by Gasteiger charge is 2.35. The zero-order chi connectivity index (χ0) is 18.7. The van der Waals surface area contributed by atoms with Crippen LogP contribution in [0.15, 0.2) is 48.5 Å². The van der Waals surface area contributed by atoms with Crippen LogP contribution < -0.4 is 5.32 Å². The Balaban J connectivity index is 1.80. The van der Waals surface area contributed by atoms with E-state index in [0.29, 0.717) is 29.8 Å². The van der Waals surface area contributed by atoms with Crippen molar-refractivity contribution in [1.82, 2.24) is 4.90 Å². The van der Waals surface area contributed by atoms with Gasteiger partial charge in [-0.15, -0.1) is 0 Å². The Morgan fingerprint density at radius 3 is 2.62 bits per heavy atom. The van der Waals surface area contributed by atoms with Crippen molar-refractivity contribution in [2.45, 2.75) is 39.3 Å². The van der Waals surface area contributed by atoms with E-state index in [1.807, 2.05) is 25.1 Å². The zero-order valence-electron chi connectivity index (χ0n) is 15.0. The highest BCUT2D eigenvalue weighted by atomic mass is 16.2. The van der Waals surface area contributed by atoms with Crippen LogP contribution in [-0.2, 0) is 11.3 Å². The fourth-order valence-electron chi connectivity index (χ4n) is 3.27. The van der Waals surface area contributed by atoms with Gasteiger partial charge < -0.3 is 10.2 Å². The lowest BCUT2D eigenvalue weighted by Gasteiger charge is -2.26. The van der Waals surface area contributed by atoms with Crippen LogP contribution in [0.4, 0.5) is 5.69 Å². The first-order chi connectivity index (χ1) is 12.5. The first-order valence-electron chi connectivity index (χ1n) is 8.82. The normalized spacial score (nSPS) is 14.1. The lowest BCUT2D eigenvalue weighted by molar-refractivity contribution is -0.120. The highest BCUT2D eigenvalue weighted by Crippen LogP contribution is 2.26. The second-order valence-corrected chi connectivity index (χ2v) is 6.52. The highest BCUT2D eigenvalue weighted by molar-refractivity contribution is 6.04. The molecule has 2 amide bonds. The first kappa shape index (κ1) is 17.9. The fourth-order valence-corrected chi connectivity index (χ4v) is 3.27. The minimum absolute atomic E-state index is 0.0589. The van der Waals surface area contributed by atoms with Gasteiger partial charge in [0, 0.05) is 23.4 Å². The number of rotatable bonds is 6. The Bertz CT molecular complexity index is 860. The number of carbonyl (C=O) groups excluding carboxylic acids is 3. The van der Waals surface area contributed by atoms with Crippen molar-refractivity contribution in [2.75, 3.05) is 5.32 Å². The maximum Gasteiger partial charge on any atom is 0.255 e. The van der Waals surface area contributed by atoms with Crippen LogP contribution in [0.3, 0.4) is 0 Å². The predicted molar refractivity (Wildman–Crippen MR) is 100 cm³/mol. The topological polar surface area (TPSA) is 66.5 Å². The van der Waals surface area contributed by atoms with Gasteiger partial charge in [0.1, 0.15) is 6.04 Å². The van der Waals surface area contributed by atoms with Gasteiger partial charge in [0.05, 0.1) is 0 Å². The molecule has 0 unspecified atom stereocenters. The summed E-state index contributed by atoms with van der Waals surface area (Å²) < 4.78 is 0. The summed E-state index contributed by atoms with van der Waals surface area (Å²) in [5, 5.41) is 2.86. The van der Waals surface area contributed by atoms with Crippen LogP contribution in [0.1, 0.15) is 53.0 Å². The Labute approximate surface area is 153 Å². The smallest absolute Gasteiger partial charge is 0.255 e. The quantitative estimate of drug-likeness (QED) is 0.809. The van der Waals surface area contributed by atoms with Crippen LogP contribution in [0.5, 0.6) is 0 Å². The largest absolute Gasteiger partial charge is 0.324 e. The number of hydrogen-bond donors (Lipinski definition) is 1. The molecule has 0 radical (unpaired) electrons. The summed E-state index contributed by atoms with van der Waals surface area (Å²) in [6, 6.07) is 13.8. The van der Waals surface area contributed by atoms with Crippen molar-refractivity contribution < 1.29 is 14.4 Å². The van der Waals surface area contributed by atoms with Gasteiger partial charge in [-0.1, -0.05) is 43.7 Å². The van der Waals surface area contributed by atoms with Gasteiger partial charge in [0.25, 0.3) is 5.91 Å². The molecular formula is C21H22N2O3. The maximum absolute atomic E-state index is 12.9. The van der Waals surface area contributed by atoms with Gasteiger partial charge >= 0.3 is 0 Å². The molecule has 0 aliphatic carbocycles. The number of Topliss-reactive ketones (excluding diaryl/α,β-unsaturated/α-hetero) is 1. The summed E-state index contributed by atoms with van der Waals surface area (Å²) in [5.41, 5.74) is 2.72. The monoisotopic (exact) mass is 350 g/mol. The molecule has 0 saturated carbocycles. The molecule has 1 heterocycles. The van der Waals surface area contributed by atoms with Gasteiger partial charge in [-0.2, -0.15) is 0 Å². The van der Waals surface area contributed by atoms with Crippen molar-refractivity contribution >= 4 is 23.3 Å². The Morgan fingerprint density at radius 2 is 1.92 bits per heavy atom. The molecule has 0 aromatic heterocycles. The predicted octanol–water partition coefficient (Wildman–Crippen LogP) is 3.65. The minimum Gasteiger partial charge on any atom is -0.324 e. The van der Waals surface area contributed by atoms with Crippen molar-refractivity contribution in [3.63, 3.8) is 0 Å². The number of benzene rings is 2. The molecule has 0 saturated heterocycles. The molecule has 134 valence electrons. The van der Waals surface area contributed by atoms with Gasteiger partial charge in [0.2, 0.25) is 5.91 Å². The first-order valence-corrected chi connectivity index (χ1v) is 8.82. The SMILES string of the molecule is CCC[C@H](C(=O)Nc1cccc(C(C)=O)c1)N1Cc2ccccc2C1=O. The molecule has 26 heavy (non-hydrogen) atoms. The second kappa shape index (κ2) is 7.52. The molecule has 2 aromatic rings. The van der Waals surface area contributed by atoms with Crippen LogP contribution >= 0.6 is 0 Å². The van der Waals surface area contributed by atoms with E-state index in [2.05, 4.69) is 5.32 Å². The molecule has 1 N–H and O–H groups in total. The van der Waals surface area contributed by atoms with Crippen LogP contribution in [0, 0.1) is 0 Å². The number of nitrogens with zero attached hydrogens (tertiary/aromatic N) is 1. The third-order valence-corrected chi connectivity index (χ3v) is 4.63. The standard InChI is InChI=1S/C21H22N2O3/c1-3-7-19(23-13-16-8-4-5-11-18(16)21(23)26)20(25)22-17-10-6-9-15(12-17)14(2)24/h4-6,8-12,19H,3,7,13H2,1-2H3,(H,22,25)/t19-/m1/s1. The number of ketones is 1. The molecule has 0 bridgehead atoms. The number of hydrogen-bond acceptors (Lipinski definition) is 3. The summed E-state index contributed by atoms with van der Waals surface area (Å²) in [4.78, 5) is 38.8. The third-order valence-electron chi connectivity index (χ3n) is 4.63.